The average Bonchev–Trinajstić information content (AvgIpc) is 3.25. The number of hydrogen-bond donors (Lipinski definition) is 2. The summed E-state index contributed by atoms with van der Waals surface area (Å²) in [6.45, 7) is 0.479. The van der Waals surface area contributed by atoms with E-state index in [1.54, 1.807) is 47.4 Å². The Kier molecular flexibility index (Phi) is 9.50. The number of carbonyl (C=O) groups excluding carboxylic acids is 2. The van der Waals surface area contributed by atoms with Gasteiger partial charge in [0.2, 0.25) is 5.91 Å². The molecule has 0 fully saturated rings. The van der Waals surface area contributed by atoms with Crippen LogP contribution in [0.2, 0.25) is 0 Å². The molecule has 1 aromatic carbocycles. The number of nitrogens with one attached hydrogen (secondary N) is 2. The van der Waals surface area contributed by atoms with Crippen molar-refractivity contribution in [1.82, 2.24) is 15.5 Å². The van der Waals surface area contributed by atoms with E-state index in [9.17, 15) is 9.59 Å². The molecular formula is C21H29N3O3S2. The number of hydrogen-bond acceptors (Lipinski definition) is 6. The highest BCUT2D eigenvalue weighted by molar-refractivity contribution is 7.98. The Labute approximate surface area is 181 Å². The van der Waals surface area contributed by atoms with Crippen LogP contribution in [0.5, 0.6) is 5.75 Å². The van der Waals surface area contributed by atoms with Gasteiger partial charge in [0.15, 0.2) is 0 Å². The van der Waals surface area contributed by atoms with E-state index in [1.807, 2.05) is 31.8 Å². The molecule has 0 unspecified atom stereocenters. The van der Waals surface area contributed by atoms with Crippen LogP contribution in [-0.4, -0.2) is 62.5 Å². The van der Waals surface area contributed by atoms with Crippen molar-refractivity contribution in [2.45, 2.75) is 18.5 Å². The summed E-state index contributed by atoms with van der Waals surface area (Å²) in [6, 6.07) is 10.6. The molecule has 0 saturated carbocycles. The Morgan fingerprint density at radius 1 is 1.21 bits per heavy atom. The largest absolute Gasteiger partial charge is 0.496 e. The van der Waals surface area contributed by atoms with Crippen LogP contribution in [0, 0.1) is 0 Å². The van der Waals surface area contributed by atoms with E-state index in [0.717, 1.165) is 5.75 Å². The number of nitrogens with zero attached hydrogens (tertiary/aromatic N) is 1. The predicted molar refractivity (Wildman–Crippen MR) is 121 cm³/mol. The third-order valence-corrected chi connectivity index (χ3v) is 6.17. The average molecular weight is 436 g/mol. The molecule has 1 aromatic heterocycles. The van der Waals surface area contributed by atoms with Crippen molar-refractivity contribution in [3.8, 4) is 5.75 Å². The van der Waals surface area contributed by atoms with Crippen LogP contribution >= 0.6 is 23.1 Å². The highest BCUT2D eigenvalue weighted by Crippen LogP contribution is 2.22. The summed E-state index contributed by atoms with van der Waals surface area (Å²) in [5, 5.41) is 7.92. The van der Waals surface area contributed by atoms with Gasteiger partial charge in [-0.25, -0.2) is 0 Å². The Balaban J connectivity index is 2.06. The number of ether oxygens (including phenoxy) is 1. The fourth-order valence-corrected chi connectivity index (χ4v) is 4.31. The van der Waals surface area contributed by atoms with Gasteiger partial charge in [0.25, 0.3) is 5.91 Å². The summed E-state index contributed by atoms with van der Waals surface area (Å²) in [4.78, 5) is 28.9. The van der Waals surface area contributed by atoms with Gasteiger partial charge in [0.05, 0.1) is 18.7 Å². The normalized spacial score (nSPS) is 13.0. The Bertz CT molecular complexity index is 781. The second-order valence-corrected chi connectivity index (χ2v) is 8.71. The van der Waals surface area contributed by atoms with Gasteiger partial charge in [-0.15, -0.1) is 11.3 Å². The number of amides is 2. The quantitative estimate of drug-likeness (QED) is 0.568. The lowest BCUT2D eigenvalue weighted by molar-refractivity contribution is -0.123. The molecule has 2 amide bonds. The lowest BCUT2D eigenvalue weighted by Crippen LogP contribution is -2.48. The van der Waals surface area contributed by atoms with Crippen LogP contribution in [-0.2, 0) is 4.79 Å². The number of thioether (sulfide) groups is 1. The van der Waals surface area contributed by atoms with Crippen molar-refractivity contribution in [3.05, 3.63) is 52.2 Å². The molecule has 1 heterocycles. The Morgan fingerprint density at radius 3 is 2.59 bits per heavy atom. The zero-order valence-corrected chi connectivity index (χ0v) is 18.9. The van der Waals surface area contributed by atoms with Crippen LogP contribution in [0.25, 0.3) is 0 Å². The van der Waals surface area contributed by atoms with E-state index in [1.165, 1.54) is 12.0 Å². The van der Waals surface area contributed by atoms with Crippen LogP contribution in [0.1, 0.15) is 27.7 Å². The minimum Gasteiger partial charge on any atom is -0.496 e. The summed E-state index contributed by atoms with van der Waals surface area (Å²) < 4.78 is 5.27. The molecule has 2 atom stereocenters. The fourth-order valence-electron chi connectivity index (χ4n) is 2.91. The van der Waals surface area contributed by atoms with Gasteiger partial charge < -0.3 is 20.3 Å². The summed E-state index contributed by atoms with van der Waals surface area (Å²) in [6.07, 6.45) is 2.54. The van der Waals surface area contributed by atoms with E-state index in [-0.39, 0.29) is 17.9 Å². The van der Waals surface area contributed by atoms with Crippen molar-refractivity contribution in [3.63, 3.8) is 0 Å². The number of rotatable bonds is 11. The first-order valence-electron chi connectivity index (χ1n) is 9.38. The highest BCUT2D eigenvalue weighted by Gasteiger charge is 2.24. The number of thiophene rings is 1. The molecule has 0 spiro atoms. The van der Waals surface area contributed by atoms with E-state index >= 15 is 0 Å². The minimum absolute atomic E-state index is 0.0880. The first kappa shape index (κ1) is 23.3. The maximum Gasteiger partial charge on any atom is 0.255 e. The number of methoxy groups -OCH3 is 1. The van der Waals surface area contributed by atoms with Gasteiger partial charge >= 0.3 is 0 Å². The van der Waals surface area contributed by atoms with Gasteiger partial charge in [-0.05, 0) is 56.1 Å². The van der Waals surface area contributed by atoms with E-state index in [0.29, 0.717) is 24.3 Å². The van der Waals surface area contributed by atoms with Gasteiger partial charge in [-0.1, -0.05) is 18.2 Å². The Hall–Kier alpha value is -2.03. The van der Waals surface area contributed by atoms with Crippen molar-refractivity contribution in [1.29, 1.82) is 0 Å². The summed E-state index contributed by atoms with van der Waals surface area (Å²) in [5.74, 6) is 0.767. The predicted octanol–water partition coefficient (Wildman–Crippen LogP) is 3.03. The molecule has 0 saturated heterocycles. The minimum atomic E-state index is -0.606. The van der Waals surface area contributed by atoms with Crippen LogP contribution in [0.3, 0.4) is 0 Å². The van der Waals surface area contributed by atoms with E-state index < -0.39 is 6.04 Å². The molecule has 29 heavy (non-hydrogen) atoms. The molecule has 2 rings (SSSR count). The number of likely N-dealkylation sites (N-methyl/N-ethyl adjacent to an activating group) is 1. The summed E-state index contributed by atoms with van der Waals surface area (Å²) >= 11 is 3.31. The summed E-state index contributed by atoms with van der Waals surface area (Å²) in [5.41, 5.74) is 0.418. The molecule has 0 aliphatic heterocycles. The highest BCUT2D eigenvalue weighted by atomic mass is 32.2. The molecule has 0 aliphatic carbocycles. The van der Waals surface area contributed by atoms with Crippen molar-refractivity contribution in [2.24, 2.45) is 0 Å². The molecule has 2 N–H and O–H groups in total. The molecule has 2 aromatic rings. The molecule has 0 aliphatic rings. The number of para-hydroxylation sites is 1. The number of benzene rings is 1. The van der Waals surface area contributed by atoms with Crippen molar-refractivity contribution >= 4 is 34.9 Å². The molecule has 158 valence electrons. The monoisotopic (exact) mass is 435 g/mol. The van der Waals surface area contributed by atoms with E-state index in [2.05, 4.69) is 21.6 Å². The van der Waals surface area contributed by atoms with Crippen molar-refractivity contribution in [2.75, 3.05) is 39.8 Å². The van der Waals surface area contributed by atoms with Crippen LogP contribution in [0.15, 0.2) is 41.8 Å². The molecule has 0 radical (unpaired) electrons. The summed E-state index contributed by atoms with van der Waals surface area (Å²) in [7, 11) is 5.51. The zero-order valence-electron chi connectivity index (χ0n) is 17.3. The van der Waals surface area contributed by atoms with Crippen molar-refractivity contribution < 1.29 is 14.3 Å². The maximum absolute atomic E-state index is 12.9. The maximum atomic E-state index is 12.9. The lowest BCUT2D eigenvalue weighted by atomic mass is 10.1. The fraction of sp³-hybridized carbons (Fsp3) is 0.429. The topological polar surface area (TPSA) is 70.7 Å². The number of carbonyl (C=O) groups is 2. The first-order chi connectivity index (χ1) is 14.0. The molecule has 0 bridgehead atoms. The zero-order chi connectivity index (χ0) is 21.2. The smallest absolute Gasteiger partial charge is 0.255 e. The second-order valence-electron chi connectivity index (χ2n) is 6.75. The van der Waals surface area contributed by atoms with Gasteiger partial charge in [0.1, 0.15) is 11.8 Å². The van der Waals surface area contributed by atoms with Gasteiger partial charge in [-0.3, -0.25) is 9.59 Å². The third-order valence-electron chi connectivity index (χ3n) is 4.55. The van der Waals surface area contributed by atoms with Gasteiger partial charge in [0, 0.05) is 11.4 Å². The van der Waals surface area contributed by atoms with E-state index in [4.69, 9.17) is 4.74 Å². The molecular weight excluding hydrogens is 406 g/mol. The van der Waals surface area contributed by atoms with Crippen LogP contribution in [0.4, 0.5) is 0 Å². The first-order valence-corrected chi connectivity index (χ1v) is 11.7. The standard InChI is InChI=1S/C21H29N3O3S2/c1-24(2)17(19-10-7-12-29-19)14-22-21(26)16(11-13-28-4)23-20(25)15-8-5-6-9-18(15)27-3/h5-10,12,16-17H,11,13-14H2,1-4H3,(H,22,26)(H,23,25)/t16-,17-/m1/s1. The Morgan fingerprint density at radius 2 is 1.97 bits per heavy atom. The van der Waals surface area contributed by atoms with Crippen LogP contribution < -0.4 is 15.4 Å². The SMILES string of the molecule is COc1ccccc1C(=O)N[C@H](CCSC)C(=O)NC[C@H](c1cccs1)N(C)C. The molecule has 6 nitrogen and oxygen atoms in total. The lowest BCUT2D eigenvalue weighted by Gasteiger charge is -2.25. The van der Waals surface area contributed by atoms with Gasteiger partial charge in [-0.2, -0.15) is 11.8 Å². The second kappa shape index (κ2) is 11.8. The molecule has 8 heteroatoms. The third kappa shape index (κ3) is 6.76.